The monoisotopic (exact) mass is 306 g/mol. The van der Waals surface area contributed by atoms with Crippen LogP contribution in [0.3, 0.4) is 0 Å². The van der Waals surface area contributed by atoms with Crippen molar-refractivity contribution in [3.8, 4) is 11.5 Å². The molecule has 2 rings (SSSR count). The Morgan fingerprint density at radius 2 is 1.86 bits per heavy atom. The predicted molar refractivity (Wildman–Crippen MR) is 81.5 cm³/mol. The molecule has 0 N–H and O–H groups in total. The number of hydrogen-bond acceptors (Lipinski definition) is 6. The first-order valence-corrected chi connectivity index (χ1v) is 7.74. The molecule has 0 saturated carbocycles. The number of ether oxygens (including phenoxy) is 2. The highest BCUT2D eigenvalue weighted by molar-refractivity contribution is 7.08. The highest BCUT2D eigenvalue weighted by Crippen LogP contribution is 2.30. The van der Waals surface area contributed by atoms with Gasteiger partial charge in [0.15, 0.2) is 11.5 Å². The molecule has 112 valence electrons. The van der Waals surface area contributed by atoms with Gasteiger partial charge in [-0.05, 0) is 50.0 Å². The van der Waals surface area contributed by atoms with Crippen LogP contribution in [0.5, 0.6) is 11.5 Å². The van der Waals surface area contributed by atoms with E-state index in [2.05, 4.69) is 9.59 Å². The maximum absolute atomic E-state index is 12.5. The molecule has 0 unspecified atom stereocenters. The van der Waals surface area contributed by atoms with Crippen LogP contribution in [-0.2, 0) is 6.42 Å². The summed E-state index contributed by atoms with van der Waals surface area (Å²) in [6.07, 6.45) is 0.687. The first-order chi connectivity index (χ1) is 10.2. The first-order valence-electron chi connectivity index (χ1n) is 6.96. The molecule has 0 bridgehead atoms. The molecule has 1 heterocycles. The summed E-state index contributed by atoms with van der Waals surface area (Å²) in [6.45, 7) is 6.82. The number of rotatable bonds is 7. The van der Waals surface area contributed by atoms with Crippen molar-refractivity contribution >= 4 is 17.3 Å². The fourth-order valence-electron chi connectivity index (χ4n) is 1.94. The molecule has 21 heavy (non-hydrogen) atoms. The fourth-order valence-corrected chi connectivity index (χ4v) is 2.65. The van der Waals surface area contributed by atoms with Gasteiger partial charge in [-0.3, -0.25) is 4.79 Å². The summed E-state index contributed by atoms with van der Waals surface area (Å²) in [6, 6.07) is 5.23. The van der Waals surface area contributed by atoms with Crippen molar-refractivity contribution in [2.24, 2.45) is 0 Å². The summed E-state index contributed by atoms with van der Waals surface area (Å²) in [5.41, 5.74) is 1.29. The predicted octanol–water partition coefficient (Wildman–Crippen LogP) is 3.13. The van der Waals surface area contributed by atoms with Crippen molar-refractivity contribution in [1.82, 2.24) is 9.59 Å². The van der Waals surface area contributed by atoms with E-state index in [-0.39, 0.29) is 5.78 Å². The average molecular weight is 306 g/mol. The third-order valence-corrected chi connectivity index (χ3v) is 3.67. The van der Waals surface area contributed by atoms with Gasteiger partial charge in [-0.25, -0.2) is 0 Å². The molecule has 0 atom stereocenters. The van der Waals surface area contributed by atoms with Gasteiger partial charge in [-0.15, -0.1) is 5.10 Å². The minimum atomic E-state index is -0.0779. The Balaban J connectivity index is 2.35. The molecule has 5 nitrogen and oxygen atoms in total. The molecule has 6 heteroatoms. The third kappa shape index (κ3) is 3.39. The van der Waals surface area contributed by atoms with Gasteiger partial charge < -0.3 is 9.47 Å². The van der Waals surface area contributed by atoms with Crippen LogP contribution in [0.25, 0.3) is 0 Å². The van der Waals surface area contributed by atoms with Gasteiger partial charge in [0.2, 0.25) is 5.78 Å². The zero-order chi connectivity index (χ0) is 15.2. The second-order valence-electron chi connectivity index (χ2n) is 4.26. The standard InChI is InChI=1S/C15H18N2O3S/c1-4-11-15(21-17-16-11)14(18)10-7-8-12(19-5-2)13(9-10)20-6-3/h7-9H,4-6H2,1-3H3. The lowest BCUT2D eigenvalue weighted by atomic mass is 10.1. The highest BCUT2D eigenvalue weighted by Gasteiger charge is 2.18. The van der Waals surface area contributed by atoms with Gasteiger partial charge in [-0.1, -0.05) is 11.4 Å². The van der Waals surface area contributed by atoms with Gasteiger partial charge in [0.1, 0.15) is 4.88 Å². The summed E-state index contributed by atoms with van der Waals surface area (Å²) < 4.78 is 14.9. The SMILES string of the molecule is CCOc1ccc(C(=O)c2snnc2CC)cc1OCC. The first kappa shape index (κ1) is 15.4. The van der Waals surface area contributed by atoms with Crippen molar-refractivity contribution < 1.29 is 14.3 Å². The fraction of sp³-hybridized carbons (Fsp3) is 0.400. The summed E-state index contributed by atoms with van der Waals surface area (Å²) in [5, 5.41) is 3.98. The Morgan fingerprint density at radius 1 is 1.14 bits per heavy atom. The van der Waals surface area contributed by atoms with E-state index in [1.807, 2.05) is 20.8 Å². The molecule has 0 aliphatic heterocycles. The molecular formula is C15H18N2O3S. The Hall–Kier alpha value is -1.95. The third-order valence-electron chi connectivity index (χ3n) is 2.90. The van der Waals surface area contributed by atoms with Crippen LogP contribution >= 0.6 is 11.5 Å². The normalized spacial score (nSPS) is 10.4. The number of benzene rings is 1. The molecule has 1 aromatic heterocycles. The second-order valence-corrected chi connectivity index (χ2v) is 5.01. The van der Waals surface area contributed by atoms with Crippen molar-refractivity contribution in [3.63, 3.8) is 0 Å². The van der Waals surface area contributed by atoms with Crippen LogP contribution < -0.4 is 9.47 Å². The average Bonchev–Trinajstić information content (AvgIpc) is 2.97. The number of carbonyl (C=O) groups excluding carboxylic acids is 1. The molecule has 0 aliphatic carbocycles. The van der Waals surface area contributed by atoms with Gasteiger partial charge in [0.25, 0.3) is 0 Å². The van der Waals surface area contributed by atoms with Gasteiger partial charge in [-0.2, -0.15) is 0 Å². The largest absolute Gasteiger partial charge is 0.490 e. The lowest BCUT2D eigenvalue weighted by Crippen LogP contribution is -2.05. The van der Waals surface area contributed by atoms with Crippen LogP contribution in [0, 0.1) is 0 Å². The van der Waals surface area contributed by atoms with E-state index in [9.17, 15) is 4.79 Å². The van der Waals surface area contributed by atoms with E-state index in [0.717, 1.165) is 17.2 Å². The van der Waals surface area contributed by atoms with Gasteiger partial charge >= 0.3 is 0 Å². The summed E-state index contributed by atoms with van der Waals surface area (Å²) in [7, 11) is 0. The molecule has 0 aliphatic rings. The molecular weight excluding hydrogens is 288 g/mol. The zero-order valence-corrected chi connectivity index (χ0v) is 13.2. The number of aryl methyl sites for hydroxylation is 1. The van der Waals surface area contributed by atoms with Crippen molar-refractivity contribution in [2.45, 2.75) is 27.2 Å². The minimum absolute atomic E-state index is 0.0779. The lowest BCUT2D eigenvalue weighted by Gasteiger charge is -2.11. The van der Waals surface area contributed by atoms with Crippen LogP contribution in [0.4, 0.5) is 0 Å². The van der Waals surface area contributed by atoms with Crippen LogP contribution in [-0.4, -0.2) is 28.6 Å². The molecule has 0 fully saturated rings. The molecule has 0 amide bonds. The van der Waals surface area contributed by atoms with Gasteiger partial charge in [0.05, 0.1) is 18.9 Å². The van der Waals surface area contributed by atoms with E-state index in [0.29, 0.717) is 41.6 Å². The quantitative estimate of drug-likeness (QED) is 0.735. The Kier molecular flexibility index (Phi) is 5.27. The number of carbonyl (C=O) groups is 1. The summed E-state index contributed by atoms with van der Waals surface area (Å²) >= 11 is 1.13. The number of hydrogen-bond donors (Lipinski definition) is 0. The van der Waals surface area contributed by atoms with Crippen LogP contribution in [0.1, 0.15) is 41.7 Å². The van der Waals surface area contributed by atoms with E-state index in [4.69, 9.17) is 9.47 Å². The molecule has 1 aromatic carbocycles. The molecule has 0 saturated heterocycles. The topological polar surface area (TPSA) is 61.3 Å². The molecule has 0 spiro atoms. The zero-order valence-electron chi connectivity index (χ0n) is 12.4. The van der Waals surface area contributed by atoms with Crippen molar-refractivity contribution in [2.75, 3.05) is 13.2 Å². The Morgan fingerprint density at radius 3 is 2.52 bits per heavy atom. The Bertz CT molecular complexity index is 625. The number of nitrogens with zero attached hydrogens (tertiary/aromatic N) is 2. The van der Waals surface area contributed by atoms with Crippen LogP contribution in [0.2, 0.25) is 0 Å². The summed E-state index contributed by atoms with van der Waals surface area (Å²) in [5.74, 6) is 1.15. The van der Waals surface area contributed by atoms with E-state index in [1.54, 1.807) is 18.2 Å². The number of ketones is 1. The highest BCUT2D eigenvalue weighted by atomic mass is 32.1. The van der Waals surface area contributed by atoms with E-state index in [1.165, 1.54) is 0 Å². The van der Waals surface area contributed by atoms with Crippen LogP contribution in [0.15, 0.2) is 18.2 Å². The van der Waals surface area contributed by atoms with E-state index < -0.39 is 0 Å². The van der Waals surface area contributed by atoms with Gasteiger partial charge in [0, 0.05) is 5.56 Å². The maximum Gasteiger partial charge on any atom is 0.206 e. The Labute approximate surface area is 128 Å². The number of aromatic nitrogens is 2. The minimum Gasteiger partial charge on any atom is -0.490 e. The van der Waals surface area contributed by atoms with Crippen molar-refractivity contribution in [3.05, 3.63) is 34.3 Å². The molecule has 2 aromatic rings. The van der Waals surface area contributed by atoms with E-state index >= 15 is 0 Å². The second kappa shape index (κ2) is 7.17. The lowest BCUT2D eigenvalue weighted by molar-refractivity contribution is 0.104. The maximum atomic E-state index is 12.5. The summed E-state index contributed by atoms with van der Waals surface area (Å²) in [4.78, 5) is 13.1. The smallest absolute Gasteiger partial charge is 0.206 e. The molecule has 0 radical (unpaired) electrons. The van der Waals surface area contributed by atoms with Crippen molar-refractivity contribution in [1.29, 1.82) is 0 Å².